The Morgan fingerprint density at radius 1 is 1.42 bits per heavy atom. The number of nitrogens with one attached hydrogen (secondary N) is 1. The summed E-state index contributed by atoms with van der Waals surface area (Å²) in [7, 11) is 3.17. The Morgan fingerprint density at radius 2 is 2.08 bits per heavy atom. The van der Waals surface area contributed by atoms with Crippen molar-refractivity contribution in [3.63, 3.8) is 0 Å². The fourth-order valence-corrected chi connectivity index (χ4v) is 2.29. The minimum Gasteiger partial charge on any atom is -0.482 e. The van der Waals surface area contributed by atoms with Crippen LogP contribution in [0.5, 0.6) is 5.75 Å². The standard InChI is InChI=1S/C15H17ClF3N3O4/c1-22(2)12(23)4-14(6-25-7-14)21-13(24)10-3-11(9(16)5-20-10)26-8-15(17,18)19/h3,5H,4,6-8H2,1-2H3,(H,21,24). The highest BCUT2D eigenvalue weighted by atomic mass is 35.5. The van der Waals surface area contributed by atoms with E-state index in [1.807, 2.05) is 0 Å². The predicted molar refractivity (Wildman–Crippen MR) is 85.1 cm³/mol. The second-order valence-corrected chi connectivity index (χ2v) is 6.50. The predicted octanol–water partition coefficient (Wildman–Crippen LogP) is 1.65. The highest BCUT2D eigenvalue weighted by molar-refractivity contribution is 6.32. The molecule has 2 heterocycles. The van der Waals surface area contributed by atoms with Crippen molar-refractivity contribution >= 4 is 23.4 Å². The van der Waals surface area contributed by atoms with Gasteiger partial charge in [-0.3, -0.25) is 9.59 Å². The van der Waals surface area contributed by atoms with Crippen molar-refractivity contribution in [3.05, 3.63) is 23.0 Å². The van der Waals surface area contributed by atoms with Gasteiger partial charge in [-0.15, -0.1) is 0 Å². The minimum atomic E-state index is -4.55. The Kier molecular flexibility index (Phi) is 5.97. The topological polar surface area (TPSA) is 80.8 Å². The lowest BCUT2D eigenvalue weighted by Gasteiger charge is -2.41. The Bertz CT molecular complexity index is 693. The Hall–Kier alpha value is -2.07. The molecule has 1 saturated heterocycles. The average molecular weight is 396 g/mol. The van der Waals surface area contributed by atoms with E-state index < -0.39 is 24.2 Å². The molecule has 0 bridgehead atoms. The first-order chi connectivity index (χ1) is 12.0. The van der Waals surface area contributed by atoms with Crippen LogP contribution in [0.3, 0.4) is 0 Å². The van der Waals surface area contributed by atoms with Gasteiger partial charge in [-0.05, 0) is 0 Å². The Labute approximate surface area is 152 Å². The molecule has 2 rings (SSSR count). The lowest BCUT2D eigenvalue weighted by Crippen LogP contribution is -2.63. The highest BCUT2D eigenvalue weighted by Crippen LogP contribution is 2.27. The van der Waals surface area contributed by atoms with Gasteiger partial charge in [0.05, 0.1) is 31.4 Å². The maximum Gasteiger partial charge on any atom is 0.422 e. The zero-order chi connectivity index (χ0) is 19.5. The Morgan fingerprint density at radius 3 is 2.58 bits per heavy atom. The van der Waals surface area contributed by atoms with Crippen molar-refractivity contribution in [2.45, 2.75) is 18.1 Å². The van der Waals surface area contributed by atoms with Gasteiger partial charge in [-0.1, -0.05) is 11.6 Å². The normalized spacial score (nSPS) is 15.8. The molecular formula is C15H17ClF3N3O4. The first-order valence-electron chi connectivity index (χ1n) is 7.47. The van der Waals surface area contributed by atoms with Crippen LogP contribution in [0.25, 0.3) is 0 Å². The van der Waals surface area contributed by atoms with Crippen LogP contribution in [0.15, 0.2) is 12.3 Å². The molecule has 0 spiro atoms. The van der Waals surface area contributed by atoms with Gasteiger partial charge in [0.15, 0.2) is 6.61 Å². The molecule has 144 valence electrons. The van der Waals surface area contributed by atoms with E-state index in [4.69, 9.17) is 16.3 Å². The van der Waals surface area contributed by atoms with E-state index >= 15 is 0 Å². The summed E-state index contributed by atoms with van der Waals surface area (Å²) in [6.07, 6.45) is -3.50. The fraction of sp³-hybridized carbons (Fsp3) is 0.533. The molecule has 1 aliphatic heterocycles. The zero-order valence-corrected chi connectivity index (χ0v) is 14.8. The molecule has 1 aromatic heterocycles. The summed E-state index contributed by atoms with van der Waals surface area (Å²) in [6.45, 7) is -1.26. The van der Waals surface area contributed by atoms with Crippen molar-refractivity contribution in [3.8, 4) is 5.75 Å². The van der Waals surface area contributed by atoms with Gasteiger partial charge in [0.25, 0.3) is 5.91 Å². The number of alkyl halides is 3. The number of pyridine rings is 1. The van der Waals surface area contributed by atoms with E-state index in [2.05, 4.69) is 15.0 Å². The zero-order valence-electron chi connectivity index (χ0n) is 14.0. The van der Waals surface area contributed by atoms with E-state index in [9.17, 15) is 22.8 Å². The number of carbonyl (C=O) groups is 2. The summed E-state index contributed by atoms with van der Waals surface area (Å²) >= 11 is 5.75. The summed E-state index contributed by atoms with van der Waals surface area (Å²) in [5.41, 5.74) is -1.07. The van der Waals surface area contributed by atoms with Crippen LogP contribution in [0.2, 0.25) is 5.02 Å². The number of ether oxygens (including phenoxy) is 2. The summed E-state index contributed by atoms with van der Waals surface area (Å²) in [5, 5.41) is 2.50. The van der Waals surface area contributed by atoms with Gasteiger partial charge in [-0.2, -0.15) is 13.2 Å². The Balaban J connectivity index is 2.10. The van der Waals surface area contributed by atoms with Gasteiger partial charge in [0.2, 0.25) is 5.91 Å². The number of carbonyl (C=O) groups excluding carboxylic acids is 2. The van der Waals surface area contributed by atoms with Crippen LogP contribution in [0, 0.1) is 0 Å². The average Bonchev–Trinajstić information content (AvgIpc) is 2.50. The molecule has 7 nitrogen and oxygen atoms in total. The molecule has 1 fully saturated rings. The van der Waals surface area contributed by atoms with Crippen molar-refractivity contribution in [2.75, 3.05) is 33.9 Å². The molecule has 1 N–H and O–H groups in total. The second kappa shape index (κ2) is 7.67. The molecule has 1 aromatic rings. The maximum absolute atomic E-state index is 12.4. The summed E-state index contributed by atoms with van der Waals surface area (Å²) in [6, 6.07) is 1.02. The van der Waals surface area contributed by atoms with Gasteiger partial charge >= 0.3 is 6.18 Å². The van der Waals surface area contributed by atoms with Crippen LogP contribution in [-0.2, 0) is 9.53 Å². The van der Waals surface area contributed by atoms with Crippen LogP contribution in [0.4, 0.5) is 13.2 Å². The molecule has 0 saturated carbocycles. The van der Waals surface area contributed by atoms with Crippen molar-refractivity contribution < 1.29 is 32.2 Å². The third-order valence-corrected chi connectivity index (χ3v) is 3.85. The largest absolute Gasteiger partial charge is 0.482 e. The van der Waals surface area contributed by atoms with Crippen molar-refractivity contribution in [1.29, 1.82) is 0 Å². The van der Waals surface area contributed by atoms with Gasteiger partial charge < -0.3 is 19.7 Å². The first-order valence-corrected chi connectivity index (χ1v) is 7.85. The molecule has 11 heteroatoms. The maximum atomic E-state index is 12.4. The molecule has 26 heavy (non-hydrogen) atoms. The number of rotatable bonds is 6. The third kappa shape index (κ3) is 5.21. The fourth-order valence-electron chi connectivity index (χ4n) is 2.13. The van der Waals surface area contributed by atoms with Crippen LogP contribution in [0.1, 0.15) is 16.9 Å². The number of halogens is 4. The van der Waals surface area contributed by atoms with Gasteiger partial charge in [0.1, 0.15) is 16.5 Å². The number of nitrogens with zero attached hydrogens (tertiary/aromatic N) is 2. The first kappa shape index (κ1) is 20.2. The molecule has 1 aliphatic rings. The molecule has 0 unspecified atom stereocenters. The second-order valence-electron chi connectivity index (χ2n) is 6.10. The van der Waals surface area contributed by atoms with Gasteiger partial charge in [-0.25, -0.2) is 4.98 Å². The molecule has 0 radical (unpaired) electrons. The molecule has 2 amide bonds. The third-order valence-electron chi connectivity index (χ3n) is 3.57. The highest BCUT2D eigenvalue weighted by Gasteiger charge is 2.42. The molecule has 0 aromatic carbocycles. The van der Waals surface area contributed by atoms with Crippen LogP contribution >= 0.6 is 11.6 Å². The van der Waals surface area contributed by atoms with Gasteiger partial charge in [0, 0.05) is 20.2 Å². The quantitative estimate of drug-likeness (QED) is 0.792. The summed E-state index contributed by atoms with van der Waals surface area (Å²) < 4.78 is 46.5. The van der Waals surface area contributed by atoms with E-state index in [-0.39, 0.29) is 42.0 Å². The number of hydrogen-bond donors (Lipinski definition) is 1. The lowest BCUT2D eigenvalue weighted by molar-refractivity contribution is -0.153. The van der Waals surface area contributed by atoms with Crippen LogP contribution in [-0.4, -0.2) is 67.3 Å². The van der Waals surface area contributed by atoms with Crippen LogP contribution < -0.4 is 10.1 Å². The number of aromatic nitrogens is 1. The van der Waals surface area contributed by atoms with E-state index in [0.29, 0.717) is 0 Å². The number of hydrogen-bond acceptors (Lipinski definition) is 5. The lowest BCUT2D eigenvalue weighted by atomic mass is 9.92. The van der Waals surface area contributed by atoms with Crippen molar-refractivity contribution in [1.82, 2.24) is 15.2 Å². The summed E-state index contributed by atoms with van der Waals surface area (Å²) in [5.74, 6) is -1.19. The molecular weight excluding hydrogens is 379 g/mol. The van der Waals surface area contributed by atoms with Crippen molar-refractivity contribution in [2.24, 2.45) is 0 Å². The summed E-state index contributed by atoms with van der Waals surface area (Å²) in [4.78, 5) is 29.5. The SMILES string of the molecule is CN(C)C(=O)CC1(NC(=O)c2cc(OCC(F)(F)F)c(Cl)cn2)COC1. The minimum absolute atomic E-state index is 0.0246. The van der Waals surface area contributed by atoms with E-state index in [0.717, 1.165) is 12.3 Å². The van der Waals surface area contributed by atoms with E-state index in [1.165, 1.54) is 4.90 Å². The monoisotopic (exact) mass is 395 g/mol. The molecule has 0 atom stereocenters. The number of amides is 2. The molecule has 0 aliphatic carbocycles. The van der Waals surface area contributed by atoms with E-state index in [1.54, 1.807) is 14.1 Å². The smallest absolute Gasteiger partial charge is 0.422 e.